The average Bonchev–Trinajstić information content (AvgIpc) is 2.28. The van der Waals surface area contributed by atoms with Gasteiger partial charge in [0.05, 0.1) is 0 Å². The highest BCUT2D eigenvalue weighted by Crippen LogP contribution is 2.29. The van der Waals surface area contributed by atoms with Crippen molar-refractivity contribution >= 4 is 27.7 Å². The van der Waals surface area contributed by atoms with E-state index in [-0.39, 0.29) is 6.04 Å². The maximum absolute atomic E-state index is 5.89. The van der Waals surface area contributed by atoms with Crippen LogP contribution in [0.4, 0.5) is 0 Å². The van der Waals surface area contributed by atoms with Gasteiger partial charge in [-0.15, -0.1) is 11.8 Å². The quantitative estimate of drug-likeness (QED) is 0.783. The Balaban J connectivity index is 2.76. The van der Waals surface area contributed by atoms with Gasteiger partial charge in [0.1, 0.15) is 0 Å². The minimum absolute atomic E-state index is 0.221. The third-order valence-electron chi connectivity index (χ3n) is 2.79. The first-order valence-electron chi connectivity index (χ1n) is 6.19. The number of rotatable bonds is 6. The summed E-state index contributed by atoms with van der Waals surface area (Å²) in [7, 11) is 0. The second kappa shape index (κ2) is 7.45. The molecule has 0 saturated heterocycles. The maximum Gasteiger partial charge on any atom is 0.0186 e. The van der Waals surface area contributed by atoms with Crippen molar-refractivity contribution in [1.82, 2.24) is 0 Å². The number of nitrogens with two attached hydrogens (primary N) is 1. The topological polar surface area (TPSA) is 26.0 Å². The molecule has 0 heterocycles. The molecule has 96 valence electrons. The number of benzene rings is 1. The lowest BCUT2D eigenvalue weighted by atomic mass is 10.1. The van der Waals surface area contributed by atoms with Gasteiger partial charge in [-0.25, -0.2) is 0 Å². The van der Waals surface area contributed by atoms with Crippen LogP contribution in [0.25, 0.3) is 0 Å². The lowest BCUT2D eigenvalue weighted by Crippen LogP contribution is -2.18. The van der Waals surface area contributed by atoms with E-state index in [1.165, 1.54) is 22.6 Å². The average molecular weight is 316 g/mol. The van der Waals surface area contributed by atoms with Crippen LogP contribution in [0.1, 0.15) is 32.8 Å². The van der Waals surface area contributed by atoms with Crippen molar-refractivity contribution < 1.29 is 0 Å². The molecule has 3 heteroatoms. The molecule has 2 atom stereocenters. The molecule has 0 aliphatic rings. The standard InChI is InChI=1S/C14H22BrNS/c1-4-10(2)9-17-14-8-13(15)6-5-12(14)7-11(3)16/h5-6,8,10-11H,4,7,9,16H2,1-3H3. The Morgan fingerprint density at radius 2 is 2.06 bits per heavy atom. The smallest absolute Gasteiger partial charge is 0.0186 e. The first-order chi connectivity index (χ1) is 8.02. The highest BCUT2D eigenvalue weighted by molar-refractivity contribution is 9.10. The van der Waals surface area contributed by atoms with Crippen molar-refractivity contribution in [1.29, 1.82) is 0 Å². The predicted molar refractivity (Wildman–Crippen MR) is 81.7 cm³/mol. The van der Waals surface area contributed by atoms with Crippen LogP contribution in [0.2, 0.25) is 0 Å². The summed E-state index contributed by atoms with van der Waals surface area (Å²) >= 11 is 5.49. The molecule has 1 aromatic rings. The summed E-state index contributed by atoms with van der Waals surface area (Å²) in [5.41, 5.74) is 7.26. The third kappa shape index (κ3) is 5.45. The van der Waals surface area contributed by atoms with Crippen LogP contribution in [-0.4, -0.2) is 11.8 Å². The summed E-state index contributed by atoms with van der Waals surface area (Å²) in [6, 6.07) is 6.72. The van der Waals surface area contributed by atoms with Crippen molar-refractivity contribution in [2.75, 3.05) is 5.75 Å². The molecule has 1 nitrogen and oxygen atoms in total. The molecule has 0 bridgehead atoms. The van der Waals surface area contributed by atoms with E-state index in [2.05, 4.69) is 54.9 Å². The lowest BCUT2D eigenvalue weighted by molar-refractivity contribution is 0.636. The molecule has 0 saturated carbocycles. The van der Waals surface area contributed by atoms with Crippen LogP contribution in [0.3, 0.4) is 0 Å². The zero-order valence-electron chi connectivity index (χ0n) is 10.9. The normalized spacial score (nSPS) is 14.6. The molecule has 2 N–H and O–H groups in total. The fraction of sp³-hybridized carbons (Fsp3) is 0.571. The van der Waals surface area contributed by atoms with Gasteiger partial charge >= 0.3 is 0 Å². The second-order valence-electron chi connectivity index (χ2n) is 4.76. The summed E-state index contributed by atoms with van der Waals surface area (Å²) < 4.78 is 1.15. The largest absolute Gasteiger partial charge is 0.328 e. The molecular weight excluding hydrogens is 294 g/mol. The van der Waals surface area contributed by atoms with Gasteiger partial charge in [-0.3, -0.25) is 0 Å². The van der Waals surface area contributed by atoms with Gasteiger partial charge in [0.15, 0.2) is 0 Å². The Morgan fingerprint density at radius 1 is 1.35 bits per heavy atom. The Bertz CT molecular complexity index is 352. The van der Waals surface area contributed by atoms with Gasteiger partial charge in [0.25, 0.3) is 0 Å². The zero-order chi connectivity index (χ0) is 12.8. The van der Waals surface area contributed by atoms with E-state index in [9.17, 15) is 0 Å². The molecule has 0 radical (unpaired) electrons. The third-order valence-corrected chi connectivity index (χ3v) is 4.71. The molecular formula is C14H22BrNS. The van der Waals surface area contributed by atoms with E-state index in [4.69, 9.17) is 5.73 Å². The summed E-state index contributed by atoms with van der Waals surface area (Å²) in [6.07, 6.45) is 2.19. The molecule has 0 amide bonds. The Morgan fingerprint density at radius 3 is 2.65 bits per heavy atom. The van der Waals surface area contributed by atoms with E-state index in [1.54, 1.807) is 0 Å². The second-order valence-corrected chi connectivity index (χ2v) is 6.74. The van der Waals surface area contributed by atoms with Crippen molar-refractivity contribution in [3.63, 3.8) is 0 Å². The summed E-state index contributed by atoms with van der Waals surface area (Å²) in [5, 5.41) is 0. The van der Waals surface area contributed by atoms with Crippen LogP contribution < -0.4 is 5.73 Å². The Hall–Kier alpha value is 0.01000. The van der Waals surface area contributed by atoms with Crippen molar-refractivity contribution in [3.8, 4) is 0 Å². The SMILES string of the molecule is CCC(C)CSc1cc(Br)ccc1CC(C)N. The molecule has 0 spiro atoms. The van der Waals surface area contributed by atoms with E-state index < -0.39 is 0 Å². The molecule has 0 aromatic heterocycles. The van der Waals surface area contributed by atoms with Gasteiger partial charge < -0.3 is 5.73 Å². The fourth-order valence-corrected chi connectivity index (χ4v) is 3.29. The molecule has 0 fully saturated rings. The highest BCUT2D eigenvalue weighted by atomic mass is 79.9. The lowest BCUT2D eigenvalue weighted by Gasteiger charge is -2.14. The van der Waals surface area contributed by atoms with Gasteiger partial charge in [0.2, 0.25) is 0 Å². The van der Waals surface area contributed by atoms with E-state index in [0.29, 0.717) is 0 Å². The van der Waals surface area contributed by atoms with Gasteiger partial charge in [-0.2, -0.15) is 0 Å². The first-order valence-corrected chi connectivity index (χ1v) is 7.97. The van der Waals surface area contributed by atoms with Crippen LogP contribution in [-0.2, 0) is 6.42 Å². The van der Waals surface area contributed by atoms with Crippen molar-refractivity contribution in [2.24, 2.45) is 11.7 Å². The van der Waals surface area contributed by atoms with Gasteiger partial charge in [-0.1, -0.05) is 42.3 Å². The fourth-order valence-electron chi connectivity index (χ4n) is 1.53. The maximum atomic E-state index is 5.89. The predicted octanol–water partition coefficient (Wildman–Crippen LogP) is 4.48. The zero-order valence-corrected chi connectivity index (χ0v) is 13.3. The Labute approximate surface area is 118 Å². The molecule has 0 aliphatic carbocycles. The summed E-state index contributed by atoms with van der Waals surface area (Å²) in [6.45, 7) is 6.61. The van der Waals surface area contributed by atoms with Gasteiger partial charge in [0, 0.05) is 21.2 Å². The van der Waals surface area contributed by atoms with Crippen LogP contribution in [0.5, 0.6) is 0 Å². The van der Waals surface area contributed by atoms with Crippen LogP contribution in [0, 0.1) is 5.92 Å². The van der Waals surface area contributed by atoms with E-state index in [0.717, 1.165) is 16.8 Å². The van der Waals surface area contributed by atoms with E-state index in [1.807, 2.05) is 11.8 Å². The van der Waals surface area contributed by atoms with Crippen molar-refractivity contribution in [3.05, 3.63) is 28.2 Å². The number of hydrogen-bond acceptors (Lipinski definition) is 2. The van der Waals surface area contributed by atoms with Crippen LogP contribution >= 0.6 is 27.7 Å². The molecule has 0 aliphatic heterocycles. The first kappa shape index (κ1) is 15.1. The Kier molecular flexibility index (Phi) is 6.60. The van der Waals surface area contributed by atoms with Crippen molar-refractivity contribution in [2.45, 2.75) is 44.6 Å². The molecule has 2 unspecified atom stereocenters. The minimum Gasteiger partial charge on any atom is -0.328 e. The molecule has 1 rings (SSSR count). The molecule has 1 aromatic carbocycles. The van der Waals surface area contributed by atoms with E-state index >= 15 is 0 Å². The number of halogens is 1. The van der Waals surface area contributed by atoms with Gasteiger partial charge in [-0.05, 0) is 37.0 Å². The monoisotopic (exact) mass is 315 g/mol. The number of hydrogen-bond donors (Lipinski definition) is 1. The highest BCUT2D eigenvalue weighted by Gasteiger charge is 2.08. The summed E-state index contributed by atoms with van der Waals surface area (Å²) in [5.74, 6) is 1.95. The number of thioether (sulfide) groups is 1. The van der Waals surface area contributed by atoms with Crippen LogP contribution in [0.15, 0.2) is 27.6 Å². The molecule has 17 heavy (non-hydrogen) atoms. The summed E-state index contributed by atoms with van der Waals surface area (Å²) in [4.78, 5) is 1.37. The minimum atomic E-state index is 0.221.